The number of pyridine rings is 1. The van der Waals surface area contributed by atoms with Crippen molar-refractivity contribution in [3.63, 3.8) is 0 Å². The third-order valence-electron chi connectivity index (χ3n) is 8.28. The Balaban J connectivity index is 1.63. The zero-order valence-corrected chi connectivity index (χ0v) is 23.6. The number of nitrogens with zero attached hydrogens (tertiary/aromatic N) is 1. The lowest BCUT2D eigenvalue weighted by atomic mass is 9.72. The summed E-state index contributed by atoms with van der Waals surface area (Å²) in [5, 5.41) is 16.5. The summed E-state index contributed by atoms with van der Waals surface area (Å²) in [6, 6.07) is 9.07. The molecular weight excluding hydrogens is 532 g/mol. The van der Waals surface area contributed by atoms with Crippen molar-refractivity contribution in [2.45, 2.75) is 51.6 Å². The lowest BCUT2D eigenvalue weighted by Crippen LogP contribution is -2.52. The number of carboxylic acids is 1. The van der Waals surface area contributed by atoms with Gasteiger partial charge in [0.25, 0.3) is 0 Å². The first-order valence-corrected chi connectivity index (χ1v) is 13.8. The standard InChI is InChI=1S/C31H35F2N3O5/c1-17-12-20(30(37)38)13-18(2)28(17)41-16-22(19-8-6-5-7-9-19)31(21-10-11-27(39-3)34-29(21)40-4)35-25-14-23(32)24(33)15-26(25)36-31/h10-15,19,22,35-36H,5-9,16H2,1-4H3,(H,37,38). The van der Waals surface area contributed by atoms with Gasteiger partial charge in [0.1, 0.15) is 11.4 Å². The number of fused-ring (bicyclic) bond motifs is 1. The number of aromatic carboxylic acids is 1. The number of ether oxygens (including phenoxy) is 3. The van der Waals surface area contributed by atoms with Crippen molar-refractivity contribution in [2.75, 3.05) is 31.5 Å². The van der Waals surface area contributed by atoms with Gasteiger partial charge >= 0.3 is 5.97 Å². The first-order chi connectivity index (χ1) is 19.7. The molecule has 0 spiro atoms. The number of carbonyl (C=O) groups is 1. The molecule has 0 amide bonds. The molecule has 41 heavy (non-hydrogen) atoms. The highest BCUT2D eigenvalue weighted by Gasteiger charge is 2.51. The van der Waals surface area contributed by atoms with Gasteiger partial charge < -0.3 is 30.0 Å². The van der Waals surface area contributed by atoms with Crippen LogP contribution >= 0.6 is 0 Å². The summed E-state index contributed by atoms with van der Waals surface area (Å²) >= 11 is 0. The van der Waals surface area contributed by atoms with Crippen LogP contribution in [-0.2, 0) is 5.66 Å². The van der Waals surface area contributed by atoms with Crippen molar-refractivity contribution in [3.05, 3.63) is 70.3 Å². The minimum Gasteiger partial charge on any atom is -0.493 e. The largest absolute Gasteiger partial charge is 0.493 e. The van der Waals surface area contributed by atoms with Crippen LogP contribution in [0.25, 0.3) is 0 Å². The predicted molar refractivity (Wildman–Crippen MR) is 151 cm³/mol. The highest BCUT2D eigenvalue weighted by Crippen LogP contribution is 2.51. The predicted octanol–water partition coefficient (Wildman–Crippen LogP) is 6.66. The zero-order valence-electron chi connectivity index (χ0n) is 23.6. The summed E-state index contributed by atoms with van der Waals surface area (Å²) in [6.45, 7) is 3.88. The normalized spacial score (nSPS) is 16.7. The molecular formula is C31H35F2N3O5. The molecule has 1 fully saturated rings. The first-order valence-electron chi connectivity index (χ1n) is 13.8. The number of nitrogens with one attached hydrogen (secondary N) is 2. The van der Waals surface area contributed by atoms with Crippen molar-refractivity contribution in [1.82, 2.24) is 4.98 Å². The van der Waals surface area contributed by atoms with E-state index in [4.69, 9.17) is 14.2 Å². The van der Waals surface area contributed by atoms with Crippen molar-refractivity contribution >= 4 is 17.3 Å². The topological polar surface area (TPSA) is 102 Å². The second-order valence-electron chi connectivity index (χ2n) is 10.8. The Morgan fingerprint density at radius 3 is 2.15 bits per heavy atom. The van der Waals surface area contributed by atoms with E-state index in [-0.39, 0.29) is 24.0 Å². The first kappa shape index (κ1) is 28.4. The lowest BCUT2D eigenvalue weighted by Gasteiger charge is -2.44. The van der Waals surface area contributed by atoms with Crippen LogP contribution in [0, 0.1) is 37.3 Å². The molecule has 1 aromatic heterocycles. The number of aryl methyl sites for hydroxylation is 2. The molecule has 3 N–H and O–H groups in total. The Hall–Kier alpha value is -4.08. The fourth-order valence-electron chi connectivity index (χ4n) is 6.35. The van der Waals surface area contributed by atoms with Crippen LogP contribution in [0.1, 0.15) is 59.2 Å². The van der Waals surface area contributed by atoms with Gasteiger partial charge in [0.05, 0.1) is 43.3 Å². The summed E-state index contributed by atoms with van der Waals surface area (Å²) in [7, 11) is 3.03. The molecule has 5 rings (SSSR count). The Morgan fingerprint density at radius 1 is 1.00 bits per heavy atom. The van der Waals surface area contributed by atoms with Gasteiger partial charge in [0.2, 0.25) is 11.8 Å². The maximum atomic E-state index is 14.4. The van der Waals surface area contributed by atoms with E-state index in [1.807, 2.05) is 19.9 Å². The van der Waals surface area contributed by atoms with Gasteiger partial charge in [-0.25, -0.2) is 13.6 Å². The van der Waals surface area contributed by atoms with Gasteiger partial charge in [-0.05, 0) is 61.9 Å². The Morgan fingerprint density at radius 2 is 1.61 bits per heavy atom. The fraction of sp³-hybridized carbons (Fsp3) is 0.419. The number of aromatic nitrogens is 1. The average molecular weight is 568 g/mol. The molecule has 2 aliphatic rings. The molecule has 0 radical (unpaired) electrons. The van der Waals surface area contributed by atoms with Crippen LogP contribution in [0.15, 0.2) is 36.4 Å². The van der Waals surface area contributed by atoms with E-state index in [0.717, 1.165) is 44.2 Å². The molecule has 1 atom stereocenters. The van der Waals surface area contributed by atoms with Crippen molar-refractivity contribution < 1.29 is 32.9 Å². The third-order valence-corrected chi connectivity index (χ3v) is 8.28. The van der Waals surface area contributed by atoms with Gasteiger partial charge in [-0.3, -0.25) is 0 Å². The average Bonchev–Trinajstić information content (AvgIpc) is 3.33. The molecule has 2 heterocycles. The van der Waals surface area contributed by atoms with E-state index in [1.54, 1.807) is 18.2 Å². The molecule has 10 heteroatoms. The second kappa shape index (κ2) is 11.4. The van der Waals surface area contributed by atoms with Gasteiger partial charge in [-0.1, -0.05) is 19.3 Å². The van der Waals surface area contributed by atoms with Crippen LogP contribution in [0.5, 0.6) is 17.5 Å². The molecule has 1 saturated carbocycles. The number of hydrogen-bond acceptors (Lipinski definition) is 7. The number of benzene rings is 2. The molecule has 1 aliphatic carbocycles. The van der Waals surface area contributed by atoms with Crippen molar-refractivity contribution in [2.24, 2.45) is 11.8 Å². The van der Waals surface area contributed by atoms with Gasteiger partial charge in [-0.2, -0.15) is 4.98 Å². The molecule has 0 saturated heterocycles. The summed E-state index contributed by atoms with van der Waals surface area (Å²) in [5.41, 5.74) is 2.00. The van der Waals surface area contributed by atoms with Crippen molar-refractivity contribution in [3.8, 4) is 17.5 Å². The number of anilines is 2. The minimum atomic E-state index is -1.10. The van der Waals surface area contributed by atoms with Crippen LogP contribution in [0.3, 0.4) is 0 Å². The second-order valence-corrected chi connectivity index (χ2v) is 10.8. The summed E-state index contributed by atoms with van der Waals surface area (Å²) < 4.78 is 46.4. The SMILES string of the molecule is COc1ccc(C2(C(COc3c(C)cc(C(=O)O)cc3C)C3CCCCC3)Nc3cc(F)c(F)cc3N2)c(OC)n1. The van der Waals surface area contributed by atoms with Crippen molar-refractivity contribution in [1.29, 1.82) is 0 Å². The Bertz CT molecular complexity index is 1400. The van der Waals surface area contributed by atoms with E-state index >= 15 is 0 Å². The van der Waals surface area contributed by atoms with E-state index in [1.165, 1.54) is 14.2 Å². The van der Waals surface area contributed by atoms with E-state index in [2.05, 4.69) is 15.6 Å². The fourth-order valence-corrected chi connectivity index (χ4v) is 6.35. The molecule has 2 aromatic carbocycles. The monoisotopic (exact) mass is 567 g/mol. The van der Waals surface area contributed by atoms with Gasteiger partial charge in [-0.15, -0.1) is 0 Å². The summed E-state index contributed by atoms with van der Waals surface area (Å²) in [6.07, 6.45) is 5.13. The maximum absolute atomic E-state index is 14.4. The Kier molecular flexibility index (Phi) is 7.93. The summed E-state index contributed by atoms with van der Waals surface area (Å²) in [5.74, 6) is -1.72. The molecule has 3 aromatic rings. The number of rotatable bonds is 9. The molecule has 0 bridgehead atoms. The van der Waals surface area contributed by atoms with Gasteiger partial charge in [0.15, 0.2) is 11.6 Å². The number of carboxylic acid groups (broad SMARTS) is 1. The van der Waals surface area contributed by atoms with Crippen LogP contribution in [0.2, 0.25) is 0 Å². The molecule has 1 unspecified atom stereocenters. The van der Waals surface area contributed by atoms with Crippen LogP contribution in [0.4, 0.5) is 20.2 Å². The molecule has 218 valence electrons. The number of halogens is 2. The van der Waals surface area contributed by atoms with E-state index in [0.29, 0.717) is 45.6 Å². The molecule has 1 aliphatic heterocycles. The van der Waals surface area contributed by atoms with Gasteiger partial charge in [0, 0.05) is 24.1 Å². The van der Waals surface area contributed by atoms with E-state index in [9.17, 15) is 18.7 Å². The lowest BCUT2D eigenvalue weighted by molar-refractivity contribution is 0.0696. The van der Waals surface area contributed by atoms with E-state index < -0.39 is 23.3 Å². The highest BCUT2D eigenvalue weighted by atomic mass is 19.2. The smallest absolute Gasteiger partial charge is 0.335 e. The zero-order chi connectivity index (χ0) is 29.3. The Labute approximate surface area is 238 Å². The van der Waals surface area contributed by atoms with Crippen LogP contribution in [-0.4, -0.2) is 36.9 Å². The molecule has 8 nitrogen and oxygen atoms in total. The number of hydrogen-bond donors (Lipinski definition) is 3. The quantitative estimate of drug-likeness (QED) is 0.264. The highest BCUT2D eigenvalue weighted by molar-refractivity contribution is 5.88. The minimum absolute atomic E-state index is 0.179. The third kappa shape index (κ3) is 5.35. The number of methoxy groups -OCH3 is 2. The maximum Gasteiger partial charge on any atom is 0.335 e. The van der Waals surface area contributed by atoms with Crippen LogP contribution < -0.4 is 24.8 Å². The summed E-state index contributed by atoms with van der Waals surface area (Å²) in [4.78, 5) is 16.1.